The van der Waals surface area contributed by atoms with Crippen molar-refractivity contribution in [3.05, 3.63) is 65.0 Å². The third-order valence-corrected chi connectivity index (χ3v) is 3.62. The zero-order valence-electron chi connectivity index (χ0n) is 13.6. The molecule has 23 heavy (non-hydrogen) atoms. The summed E-state index contributed by atoms with van der Waals surface area (Å²) < 4.78 is 13.1. The first kappa shape index (κ1) is 16.7. The molecule has 2 rings (SSSR count). The number of hydrogen-bond donors (Lipinski definition) is 2. The Morgan fingerprint density at radius 3 is 2.65 bits per heavy atom. The molecule has 0 saturated carbocycles. The number of carbonyl (C=O) groups excluding carboxylic acids is 1. The predicted molar refractivity (Wildman–Crippen MR) is 93.7 cm³/mol. The number of halogens is 1. The van der Waals surface area contributed by atoms with E-state index in [9.17, 15) is 9.18 Å². The first-order chi connectivity index (χ1) is 10.9. The number of aryl methyl sites for hydroxylation is 1. The quantitative estimate of drug-likeness (QED) is 0.645. The van der Waals surface area contributed by atoms with Crippen LogP contribution in [0.4, 0.5) is 15.8 Å². The summed E-state index contributed by atoms with van der Waals surface area (Å²) in [6.45, 7) is 6.13. The molecule has 0 unspecified atom stereocenters. The van der Waals surface area contributed by atoms with Gasteiger partial charge in [-0.2, -0.15) is 0 Å². The van der Waals surface area contributed by atoms with Crippen LogP contribution in [0.3, 0.4) is 0 Å². The molecule has 3 nitrogen and oxygen atoms in total. The molecule has 0 aromatic heterocycles. The van der Waals surface area contributed by atoms with Gasteiger partial charge in [0.05, 0.1) is 5.69 Å². The molecule has 120 valence electrons. The number of carbonyl (C=O) groups is 1. The molecule has 0 aliphatic heterocycles. The summed E-state index contributed by atoms with van der Waals surface area (Å²) in [6, 6.07) is 10.3. The molecule has 0 atom stereocenters. The van der Waals surface area contributed by atoms with Gasteiger partial charge in [-0.3, -0.25) is 4.79 Å². The highest BCUT2D eigenvalue weighted by Gasteiger charge is 2.10. The third kappa shape index (κ3) is 4.19. The van der Waals surface area contributed by atoms with E-state index in [0.717, 1.165) is 16.8 Å². The number of nitrogens with one attached hydrogen (secondary N) is 1. The van der Waals surface area contributed by atoms with Gasteiger partial charge in [0.15, 0.2) is 0 Å². The van der Waals surface area contributed by atoms with Crippen molar-refractivity contribution >= 4 is 23.4 Å². The molecule has 2 aromatic rings. The minimum atomic E-state index is -0.465. The maximum Gasteiger partial charge on any atom is 0.248 e. The van der Waals surface area contributed by atoms with E-state index in [1.54, 1.807) is 12.1 Å². The number of para-hydroxylation sites is 1. The number of nitrogen functional groups attached to an aromatic ring is 1. The second kappa shape index (κ2) is 7.09. The van der Waals surface area contributed by atoms with Gasteiger partial charge in [-0.25, -0.2) is 4.39 Å². The Kier molecular flexibility index (Phi) is 5.16. The van der Waals surface area contributed by atoms with E-state index in [2.05, 4.69) is 19.2 Å². The van der Waals surface area contributed by atoms with Crippen molar-refractivity contribution in [2.45, 2.75) is 26.7 Å². The summed E-state index contributed by atoms with van der Waals surface area (Å²) in [6.07, 6.45) is 3.03. The van der Waals surface area contributed by atoms with Crippen molar-refractivity contribution in [3.63, 3.8) is 0 Å². The minimum absolute atomic E-state index is 0.0635. The lowest BCUT2D eigenvalue weighted by molar-refractivity contribution is -0.111. The van der Waals surface area contributed by atoms with Gasteiger partial charge in [-0.05, 0) is 47.7 Å². The van der Waals surface area contributed by atoms with Crippen LogP contribution in [0.1, 0.15) is 36.5 Å². The van der Waals surface area contributed by atoms with Crippen LogP contribution < -0.4 is 11.1 Å². The lowest BCUT2D eigenvalue weighted by atomic mass is 9.98. The molecule has 0 fully saturated rings. The highest BCUT2D eigenvalue weighted by atomic mass is 19.1. The highest BCUT2D eigenvalue weighted by molar-refractivity contribution is 6.02. The van der Waals surface area contributed by atoms with Crippen LogP contribution in [0.15, 0.2) is 42.5 Å². The SMILES string of the molecule is Cc1cccc(C(C)C)c1NC(=O)/C=C/c1ccc(F)c(N)c1. The first-order valence-electron chi connectivity index (χ1n) is 7.52. The Hall–Kier alpha value is -2.62. The summed E-state index contributed by atoms with van der Waals surface area (Å²) in [7, 11) is 0. The Balaban J connectivity index is 2.17. The van der Waals surface area contributed by atoms with Crippen molar-refractivity contribution in [1.82, 2.24) is 0 Å². The van der Waals surface area contributed by atoms with Crippen molar-refractivity contribution in [2.24, 2.45) is 0 Å². The lowest BCUT2D eigenvalue weighted by Crippen LogP contribution is -2.11. The molecule has 0 spiro atoms. The van der Waals surface area contributed by atoms with Gasteiger partial charge in [-0.1, -0.05) is 38.1 Å². The zero-order chi connectivity index (χ0) is 17.0. The van der Waals surface area contributed by atoms with E-state index in [1.165, 1.54) is 18.2 Å². The van der Waals surface area contributed by atoms with Gasteiger partial charge >= 0.3 is 0 Å². The predicted octanol–water partition coefficient (Wildman–Crippen LogP) is 4.49. The average Bonchev–Trinajstić information content (AvgIpc) is 2.50. The van der Waals surface area contributed by atoms with Crippen LogP contribution >= 0.6 is 0 Å². The van der Waals surface area contributed by atoms with Crippen molar-refractivity contribution in [2.75, 3.05) is 11.1 Å². The van der Waals surface area contributed by atoms with E-state index in [0.29, 0.717) is 11.5 Å². The number of nitrogens with two attached hydrogens (primary N) is 1. The van der Waals surface area contributed by atoms with E-state index in [4.69, 9.17) is 5.73 Å². The monoisotopic (exact) mass is 312 g/mol. The Morgan fingerprint density at radius 2 is 2.00 bits per heavy atom. The second-order valence-corrected chi connectivity index (χ2v) is 5.80. The van der Waals surface area contributed by atoms with Gasteiger partial charge in [0.1, 0.15) is 5.82 Å². The van der Waals surface area contributed by atoms with Crippen LogP contribution in [0.2, 0.25) is 0 Å². The van der Waals surface area contributed by atoms with Crippen LogP contribution in [0.25, 0.3) is 6.08 Å². The smallest absolute Gasteiger partial charge is 0.248 e. The molecule has 2 aromatic carbocycles. The normalized spacial score (nSPS) is 11.2. The van der Waals surface area contributed by atoms with Gasteiger partial charge in [0.2, 0.25) is 5.91 Å². The fourth-order valence-corrected chi connectivity index (χ4v) is 2.35. The Morgan fingerprint density at radius 1 is 1.26 bits per heavy atom. The number of benzene rings is 2. The topological polar surface area (TPSA) is 55.1 Å². The number of hydrogen-bond acceptors (Lipinski definition) is 2. The van der Waals surface area contributed by atoms with Crippen molar-refractivity contribution in [3.8, 4) is 0 Å². The summed E-state index contributed by atoms with van der Waals surface area (Å²) >= 11 is 0. The maximum atomic E-state index is 13.1. The summed E-state index contributed by atoms with van der Waals surface area (Å²) in [5.41, 5.74) is 9.21. The third-order valence-electron chi connectivity index (χ3n) is 3.62. The molecule has 1 amide bonds. The first-order valence-corrected chi connectivity index (χ1v) is 7.52. The number of amides is 1. The van der Waals surface area contributed by atoms with Crippen molar-refractivity contribution in [1.29, 1.82) is 0 Å². The van der Waals surface area contributed by atoms with Crippen LogP contribution in [-0.4, -0.2) is 5.91 Å². The molecule has 4 heteroatoms. The molecule has 0 heterocycles. The molecule has 3 N–H and O–H groups in total. The summed E-state index contributed by atoms with van der Waals surface area (Å²) in [5.74, 6) is -0.386. The number of anilines is 2. The zero-order valence-corrected chi connectivity index (χ0v) is 13.6. The molecule has 0 bridgehead atoms. The Bertz CT molecular complexity index is 751. The fraction of sp³-hybridized carbons (Fsp3) is 0.211. The average molecular weight is 312 g/mol. The lowest BCUT2D eigenvalue weighted by Gasteiger charge is -2.15. The molecular formula is C19H21FN2O. The van der Waals surface area contributed by atoms with Crippen LogP contribution in [-0.2, 0) is 4.79 Å². The number of rotatable bonds is 4. The largest absolute Gasteiger partial charge is 0.396 e. The van der Waals surface area contributed by atoms with E-state index in [-0.39, 0.29) is 11.6 Å². The van der Waals surface area contributed by atoms with Gasteiger partial charge < -0.3 is 11.1 Å². The molecule has 0 saturated heterocycles. The second-order valence-electron chi connectivity index (χ2n) is 5.80. The van der Waals surface area contributed by atoms with E-state index >= 15 is 0 Å². The van der Waals surface area contributed by atoms with Gasteiger partial charge in [0, 0.05) is 11.8 Å². The van der Waals surface area contributed by atoms with Crippen molar-refractivity contribution < 1.29 is 9.18 Å². The maximum absolute atomic E-state index is 13.1. The molecule has 0 aliphatic rings. The Labute approximate surface area is 136 Å². The summed E-state index contributed by atoms with van der Waals surface area (Å²) in [5, 5.41) is 2.93. The van der Waals surface area contributed by atoms with Gasteiger partial charge in [0.25, 0.3) is 0 Å². The van der Waals surface area contributed by atoms with E-state index in [1.807, 2.05) is 25.1 Å². The molecule has 0 radical (unpaired) electrons. The van der Waals surface area contributed by atoms with E-state index < -0.39 is 5.82 Å². The van der Waals surface area contributed by atoms with Gasteiger partial charge in [-0.15, -0.1) is 0 Å². The standard InChI is InChI=1S/C19H21FN2O/c1-12(2)15-6-4-5-13(3)19(15)22-18(23)10-8-14-7-9-16(20)17(21)11-14/h4-12H,21H2,1-3H3,(H,22,23)/b10-8+. The fourth-order valence-electron chi connectivity index (χ4n) is 2.35. The minimum Gasteiger partial charge on any atom is -0.396 e. The molecular weight excluding hydrogens is 291 g/mol. The molecule has 0 aliphatic carbocycles. The van der Waals surface area contributed by atoms with Crippen LogP contribution in [0.5, 0.6) is 0 Å². The summed E-state index contributed by atoms with van der Waals surface area (Å²) in [4.78, 5) is 12.2. The van der Waals surface area contributed by atoms with Crippen LogP contribution in [0, 0.1) is 12.7 Å². The highest BCUT2D eigenvalue weighted by Crippen LogP contribution is 2.27.